The molecule has 0 radical (unpaired) electrons. The summed E-state index contributed by atoms with van der Waals surface area (Å²) in [7, 11) is 0. The summed E-state index contributed by atoms with van der Waals surface area (Å²) in [5, 5.41) is 18.0. The Balaban J connectivity index is 1.68. The van der Waals surface area contributed by atoms with Crippen molar-refractivity contribution in [3.63, 3.8) is 0 Å². The lowest BCUT2D eigenvalue weighted by Crippen LogP contribution is -2.32. The first-order valence-corrected chi connectivity index (χ1v) is 7.96. The van der Waals surface area contributed by atoms with Crippen molar-refractivity contribution in [2.45, 2.75) is 6.92 Å². The van der Waals surface area contributed by atoms with Gasteiger partial charge in [-0.25, -0.2) is 5.43 Å². The Morgan fingerprint density at radius 3 is 2.46 bits per heavy atom. The zero-order chi connectivity index (χ0) is 18.5. The number of phenols is 1. The molecule has 0 unspecified atom stereocenters. The molecule has 0 aliphatic heterocycles. The summed E-state index contributed by atoms with van der Waals surface area (Å²) < 4.78 is 0. The van der Waals surface area contributed by atoms with E-state index < -0.39 is 11.8 Å². The van der Waals surface area contributed by atoms with Crippen LogP contribution in [-0.4, -0.2) is 23.1 Å². The Hall–Kier alpha value is -3.67. The van der Waals surface area contributed by atoms with Crippen molar-refractivity contribution in [1.29, 1.82) is 0 Å². The third kappa shape index (κ3) is 3.87. The topological polar surface area (TPSA) is 90.8 Å². The monoisotopic (exact) mass is 347 g/mol. The molecule has 0 aliphatic rings. The Labute approximate surface area is 150 Å². The van der Waals surface area contributed by atoms with Gasteiger partial charge in [0.25, 0.3) is 0 Å². The predicted molar refractivity (Wildman–Crippen MR) is 101 cm³/mol. The smallest absolute Gasteiger partial charge is 0.329 e. The standard InChI is InChI=1S/C20H17N3O3/c1-13-6-9-15(10-7-13)22-19(25)20(26)23-21-12-17-16-5-3-2-4-14(16)8-11-18(17)24/h2-12,24H,1H3,(H,22,25)(H,23,26). The number of rotatable bonds is 3. The fourth-order valence-corrected chi connectivity index (χ4v) is 2.45. The molecular formula is C20H17N3O3. The zero-order valence-corrected chi connectivity index (χ0v) is 14.1. The lowest BCUT2D eigenvalue weighted by atomic mass is 10.0. The number of nitrogens with one attached hydrogen (secondary N) is 2. The number of amides is 2. The number of hydrazone groups is 1. The molecule has 130 valence electrons. The minimum Gasteiger partial charge on any atom is -0.507 e. The molecule has 2 amide bonds. The van der Waals surface area contributed by atoms with Gasteiger partial charge < -0.3 is 10.4 Å². The highest BCUT2D eigenvalue weighted by Crippen LogP contribution is 2.25. The highest BCUT2D eigenvalue weighted by atomic mass is 16.3. The van der Waals surface area contributed by atoms with Crippen molar-refractivity contribution >= 4 is 34.5 Å². The normalized spacial score (nSPS) is 10.8. The number of nitrogens with zero attached hydrogens (tertiary/aromatic N) is 1. The largest absolute Gasteiger partial charge is 0.507 e. The summed E-state index contributed by atoms with van der Waals surface area (Å²) in [6.07, 6.45) is 1.31. The number of aromatic hydroxyl groups is 1. The molecule has 0 heterocycles. The average molecular weight is 347 g/mol. The second-order valence-corrected chi connectivity index (χ2v) is 5.74. The molecule has 3 aromatic rings. The van der Waals surface area contributed by atoms with E-state index in [0.717, 1.165) is 16.3 Å². The summed E-state index contributed by atoms with van der Waals surface area (Å²) in [4.78, 5) is 23.7. The van der Waals surface area contributed by atoms with E-state index in [-0.39, 0.29) is 5.75 Å². The first kappa shape index (κ1) is 17.2. The molecule has 3 rings (SSSR count). The van der Waals surface area contributed by atoms with Gasteiger partial charge in [0.2, 0.25) is 0 Å². The maximum absolute atomic E-state index is 11.9. The van der Waals surface area contributed by atoms with Crippen LogP contribution in [0.3, 0.4) is 0 Å². The number of hydrogen-bond donors (Lipinski definition) is 3. The minimum absolute atomic E-state index is 0.0332. The number of benzene rings is 3. The van der Waals surface area contributed by atoms with E-state index in [9.17, 15) is 14.7 Å². The molecule has 3 N–H and O–H groups in total. The quantitative estimate of drug-likeness (QED) is 0.386. The predicted octanol–water partition coefficient (Wildman–Crippen LogP) is 2.94. The lowest BCUT2D eigenvalue weighted by molar-refractivity contribution is -0.136. The maximum Gasteiger partial charge on any atom is 0.329 e. The molecule has 0 aliphatic carbocycles. The minimum atomic E-state index is -0.901. The molecule has 0 fully saturated rings. The van der Waals surface area contributed by atoms with Gasteiger partial charge in [-0.15, -0.1) is 0 Å². The molecule has 0 saturated carbocycles. The van der Waals surface area contributed by atoms with E-state index in [1.165, 1.54) is 6.21 Å². The third-order valence-electron chi connectivity index (χ3n) is 3.82. The van der Waals surface area contributed by atoms with Gasteiger partial charge in [0.1, 0.15) is 5.75 Å². The fourth-order valence-electron chi connectivity index (χ4n) is 2.45. The van der Waals surface area contributed by atoms with Crippen LogP contribution in [0, 0.1) is 6.92 Å². The summed E-state index contributed by atoms with van der Waals surface area (Å²) in [6, 6.07) is 17.9. The molecule has 6 heteroatoms. The van der Waals surface area contributed by atoms with Crippen LogP contribution in [0.15, 0.2) is 65.8 Å². The Kier molecular flexibility index (Phi) is 4.94. The van der Waals surface area contributed by atoms with Crippen LogP contribution in [-0.2, 0) is 9.59 Å². The van der Waals surface area contributed by atoms with E-state index in [0.29, 0.717) is 11.3 Å². The summed E-state index contributed by atoms with van der Waals surface area (Å²) in [6.45, 7) is 1.93. The first-order chi connectivity index (χ1) is 12.5. The van der Waals surface area contributed by atoms with Crippen molar-refractivity contribution in [2.75, 3.05) is 5.32 Å². The molecule has 0 aromatic heterocycles. The van der Waals surface area contributed by atoms with Crippen LogP contribution in [0.4, 0.5) is 5.69 Å². The van der Waals surface area contributed by atoms with Gasteiger partial charge >= 0.3 is 11.8 Å². The number of carbonyl (C=O) groups is 2. The van der Waals surface area contributed by atoms with Crippen LogP contribution in [0.2, 0.25) is 0 Å². The van der Waals surface area contributed by atoms with Crippen LogP contribution >= 0.6 is 0 Å². The SMILES string of the molecule is Cc1ccc(NC(=O)C(=O)NN=Cc2c(O)ccc3ccccc23)cc1. The lowest BCUT2D eigenvalue weighted by Gasteiger charge is -2.05. The summed E-state index contributed by atoms with van der Waals surface area (Å²) >= 11 is 0. The van der Waals surface area contributed by atoms with Gasteiger partial charge in [0.05, 0.1) is 6.21 Å². The number of carbonyl (C=O) groups excluding carboxylic acids is 2. The highest BCUT2D eigenvalue weighted by Gasteiger charge is 2.13. The Bertz CT molecular complexity index is 995. The molecule has 0 spiro atoms. The van der Waals surface area contributed by atoms with E-state index in [2.05, 4.69) is 15.8 Å². The number of anilines is 1. The van der Waals surface area contributed by atoms with E-state index in [1.807, 2.05) is 43.3 Å². The van der Waals surface area contributed by atoms with Gasteiger partial charge in [-0.3, -0.25) is 9.59 Å². The van der Waals surface area contributed by atoms with E-state index >= 15 is 0 Å². The van der Waals surface area contributed by atoms with E-state index in [1.54, 1.807) is 24.3 Å². The van der Waals surface area contributed by atoms with Gasteiger partial charge in [-0.2, -0.15) is 5.10 Å². The summed E-state index contributed by atoms with van der Waals surface area (Å²) in [5.41, 5.74) is 4.19. The van der Waals surface area contributed by atoms with Crippen LogP contribution in [0.25, 0.3) is 10.8 Å². The van der Waals surface area contributed by atoms with Gasteiger partial charge in [-0.05, 0) is 35.9 Å². The molecule has 26 heavy (non-hydrogen) atoms. The van der Waals surface area contributed by atoms with Crippen LogP contribution in [0.5, 0.6) is 5.75 Å². The Morgan fingerprint density at radius 1 is 0.962 bits per heavy atom. The third-order valence-corrected chi connectivity index (χ3v) is 3.82. The zero-order valence-electron chi connectivity index (χ0n) is 14.1. The fraction of sp³-hybridized carbons (Fsp3) is 0.0500. The molecular weight excluding hydrogens is 330 g/mol. The second kappa shape index (κ2) is 7.48. The molecule has 3 aromatic carbocycles. The highest BCUT2D eigenvalue weighted by molar-refractivity contribution is 6.39. The van der Waals surface area contributed by atoms with Gasteiger partial charge in [0, 0.05) is 11.3 Å². The number of phenolic OH excluding ortho intramolecular Hbond substituents is 1. The number of hydrogen-bond acceptors (Lipinski definition) is 4. The van der Waals surface area contributed by atoms with E-state index in [4.69, 9.17) is 0 Å². The van der Waals surface area contributed by atoms with Crippen molar-refractivity contribution in [3.05, 3.63) is 71.8 Å². The average Bonchev–Trinajstić information content (AvgIpc) is 2.65. The molecule has 0 bridgehead atoms. The molecule has 0 atom stereocenters. The summed E-state index contributed by atoms with van der Waals surface area (Å²) in [5.74, 6) is -1.69. The van der Waals surface area contributed by atoms with Crippen LogP contribution < -0.4 is 10.7 Å². The second-order valence-electron chi connectivity index (χ2n) is 5.74. The first-order valence-electron chi connectivity index (χ1n) is 7.96. The van der Waals surface area contributed by atoms with Gasteiger partial charge in [-0.1, -0.05) is 48.0 Å². The van der Waals surface area contributed by atoms with Crippen molar-refractivity contribution < 1.29 is 14.7 Å². The van der Waals surface area contributed by atoms with Crippen molar-refractivity contribution in [1.82, 2.24) is 5.43 Å². The van der Waals surface area contributed by atoms with Crippen molar-refractivity contribution in [2.24, 2.45) is 5.10 Å². The van der Waals surface area contributed by atoms with Crippen LogP contribution in [0.1, 0.15) is 11.1 Å². The Morgan fingerprint density at radius 2 is 1.69 bits per heavy atom. The molecule has 0 saturated heterocycles. The molecule has 6 nitrogen and oxygen atoms in total. The van der Waals surface area contributed by atoms with Gasteiger partial charge in [0.15, 0.2) is 0 Å². The van der Waals surface area contributed by atoms with Crippen molar-refractivity contribution in [3.8, 4) is 5.75 Å². The number of aryl methyl sites for hydroxylation is 1. The number of fused-ring (bicyclic) bond motifs is 1. The maximum atomic E-state index is 11.9.